The van der Waals surface area contributed by atoms with Crippen LogP contribution in [0.25, 0.3) is 0 Å². The third-order valence-corrected chi connectivity index (χ3v) is 3.59. The van der Waals surface area contributed by atoms with E-state index in [0.717, 1.165) is 49.4 Å². The Bertz CT molecular complexity index is 403. The average Bonchev–Trinajstić information content (AvgIpc) is 3.23. The lowest BCUT2D eigenvalue weighted by molar-refractivity contribution is 0.289. The van der Waals surface area contributed by atoms with E-state index in [9.17, 15) is 0 Å². The van der Waals surface area contributed by atoms with Gasteiger partial charge in [0.25, 0.3) is 0 Å². The summed E-state index contributed by atoms with van der Waals surface area (Å²) in [6, 6.07) is 0.829. The highest BCUT2D eigenvalue weighted by atomic mass is 15.2. The molecule has 0 aliphatic heterocycles. The molecule has 106 valence electrons. The van der Waals surface area contributed by atoms with Crippen LogP contribution >= 0.6 is 0 Å². The van der Waals surface area contributed by atoms with Crippen LogP contribution in [-0.4, -0.2) is 47.1 Å². The SMILES string of the molecule is CCNc1ncnc(NCCN(CC)C2CC2)c1C. The molecule has 0 radical (unpaired) electrons. The molecule has 1 saturated carbocycles. The van der Waals surface area contributed by atoms with Gasteiger partial charge in [0.05, 0.1) is 0 Å². The molecule has 2 N–H and O–H groups in total. The lowest BCUT2D eigenvalue weighted by Gasteiger charge is -2.20. The Kier molecular flexibility index (Phi) is 4.96. The van der Waals surface area contributed by atoms with Gasteiger partial charge in [0.1, 0.15) is 18.0 Å². The maximum absolute atomic E-state index is 4.32. The van der Waals surface area contributed by atoms with Gasteiger partial charge in [0.15, 0.2) is 0 Å². The molecule has 0 aromatic carbocycles. The number of nitrogens with zero attached hydrogens (tertiary/aromatic N) is 3. The molecular weight excluding hydrogens is 238 g/mol. The number of nitrogens with one attached hydrogen (secondary N) is 2. The van der Waals surface area contributed by atoms with E-state index in [2.05, 4.69) is 46.3 Å². The number of hydrogen-bond acceptors (Lipinski definition) is 5. The summed E-state index contributed by atoms with van der Waals surface area (Å²) in [4.78, 5) is 11.1. The molecule has 1 heterocycles. The molecule has 1 aromatic heterocycles. The Hall–Kier alpha value is -1.36. The van der Waals surface area contributed by atoms with Crippen LogP contribution in [0.2, 0.25) is 0 Å². The minimum atomic E-state index is 0.829. The minimum absolute atomic E-state index is 0.829. The second-order valence-electron chi connectivity index (χ2n) is 5.01. The van der Waals surface area contributed by atoms with Crippen molar-refractivity contribution < 1.29 is 0 Å². The van der Waals surface area contributed by atoms with Gasteiger partial charge >= 0.3 is 0 Å². The molecule has 0 spiro atoms. The van der Waals surface area contributed by atoms with E-state index < -0.39 is 0 Å². The first kappa shape index (κ1) is 14.1. The molecule has 1 aliphatic carbocycles. The summed E-state index contributed by atoms with van der Waals surface area (Å²) < 4.78 is 0. The van der Waals surface area contributed by atoms with Crippen molar-refractivity contribution in [3.8, 4) is 0 Å². The standard InChI is InChI=1S/C14H25N5/c1-4-15-13-11(3)14(18-10-17-13)16-8-9-19(5-2)12-6-7-12/h10,12H,4-9H2,1-3H3,(H2,15,16,17,18). The fraction of sp³-hybridized carbons (Fsp3) is 0.714. The van der Waals surface area contributed by atoms with Gasteiger partial charge < -0.3 is 10.6 Å². The van der Waals surface area contributed by atoms with E-state index in [0.29, 0.717) is 0 Å². The second-order valence-corrected chi connectivity index (χ2v) is 5.01. The molecule has 19 heavy (non-hydrogen) atoms. The van der Waals surface area contributed by atoms with Crippen LogP contribution in [0.5, 0.6) is 0 Å². The van der Waals surface area contributed by atoms with Gasteiger partial charge in [-0.3, -0.25) is 4.90 Å². The number of anilines is 2. The highest BCUT2D eigenvalue weighted by molar-refractivity contribution is 5.56. The van der Waals surface area contributed by atoms with E-state index >= 15 is 0 Å². The van der Waals surface area contributed by atoms with E-state index in [1.54, 1.807) is 6.33 Å². The van der Waals surface area contributed by atoms with Crippen LogP contribution in [0, 0.1) is 6.92 Å². The molecule has 1 fully saturated rings. The third kappa shape index (κ3) is 3.80. The van der Waals surface area contributed by atoms with Crippen molar-refractivity contribution in [3.05, 3.63) is 11.9 Å². The Labute approximate surface area is 115 Å². The van der Waals surface area contributed by atoms with Crippen molar-refractivity contribution in [2.24, 2.45) is 0 Å². The third-order valence-electron chi connectivity index (χ3n) is 3.59. The van der Waals surface area contributed by atoms with Crippen LogP contribution in [0.1, 0.15) is 32.3 Å². The zero-order valence-corrected chi connectivity index (χ0v) is 12.2. The lowest BCUT2D eigenvalue weighted by Crippen LogP contribution is -2.31. The lowest BCUT2D eigenvalue weighted by atomic mass is 10.3. The summed E-state index contributed by atoms with van der Waals surface area (Å²) >= 11 is 0. The summed E-state index contributed by atoms with van der Waals surface area (Å²) in [6.07, 6.45) is 4.35. The monoisotopic (exact) mass is 263 g/mol. The maximum Gasteiger partial charge on any atom is 0.134 e. The molecule has 0 unspecified atom stereocenters. The van der Waals surface area contributed by atoms with Crippen molar-refractivity contribution in [1.82, 2.24) is 14.9 Å². The number of hydrogen-bond donors (Lipinski definition) is 2. The number of likely N-dealkylation sites (N-methyl/N-ethyl adjacent to an activating group) is 1. The van der Waals surface area contributed by atoms with Gasteiger partial charge in [-0.1, -0.05) is 6.92 Å². The zero-order valence-electron chi connectivity index (χ0n) is 12.2. The molecule has 1 aromatic rings. The first-order chi connectivity index (χ1) is 9.26. The Balaban J connectivity index is 1.86. The van der Waals surface area contributed by atoms with Crippen LogP contribution in [0.15, 0.2) is 6.33 Å². The summed E-state index contributed by atoms with van der Waals surface area (Å²) in [5, 5.41) is 6.68. The zero-order chi connectivity index (χ0) is 13.7. The van der Waals surface area contributed by atoms with Gasteiger partial charge in [-0.15, -0.1) is 0 Å². The molecule has 0 atom stereocenters. The van der Waals surface area contributed by atoms with Crippen LogP contribution in [0.4, 0.5) is 11.6 Å². The smallest absolute Gasteiger partial charge is 0.134 e. The molecule has 0 saturated heterocycles. The quantitative estimate of drug-likeness (QED) is 0.752. The number of aromatic nitrogens is 2. The fourth-order valence-electron chi connectivity index (χ4n) is 2.33. The summed E-state index contributed by atoms with van der Waals surface area (Å²) in [7, 11) is 0. The maximum atomic E-state index is 4.32. The van der Waals surface area contributed by atoms with Crippen molar-refractivity contribution >= 4 is 11.6 Å². The van der Waals surface area contributed by atoms with E-state index in [1.807, 2.05) is 0 Å². The molecular formula is C14H25N5. The van der Waals surface area contributed by atoms with Gasteiger partial charge in [0.2, 0.25) is 0 Å². The predicted octanol–water partition coefficient (Wildman–Crippen LogP) is 2.11. The second kappa shape index (κ2) is 6.70. The van der Waals surface area contributed by atoms with Gasteiger partial charge in [-0.25, -0.2) is 9.97 Å². The van der Waals surface area contributed by atoms with Crippen LogP contribution in [0.3, 0.4) is 0 Å². The minimum Gasteiger partial charge on any atom is -0.370 e. The predicted molar refractivity (Wildman–Crippen MR) is 79.7 cm³/mol. The van der Waals surface area contributed by atoms with Crippen molar-refractivity contribution in [1.29, 1.82) is 0 Å². The molecule has 1 aliphatic rings. The summed E-state index contributed by atoms with van der Waals surface area (Å²) in [6.45, 7) is 10.4. The average molecular weight is 263 g/mol. The Morgan fingerprint density at radius 3 is 2.47 bits per heavy atom. The topological polar surface area (TPSA) is 53.1 Å². The van der Waals surface area contributed by atoms with Crippen molar-refractivity contribution in [2.45, 2.75) is 39.7 Å². The summed E-state index contributed by atoms with van der Waals surface area (Å²) in [5.41, 5.74) is 1.10. The van der Waals surface area contributed by atoms with Gasteiger partial charge in [0, 0.05) is 31.2 Å². The molecule has 0 bridgehead atoms. The molecule has 0 amide bonds. The van der Waals surface area contributed by atoms with Crippen molar-refractivity contribution in [2.75, 3.05) is 36.8 Å². The van der Waals surface area contributed by atoms with Crippen LogP contribution in [-0.2, 0) is 0 Å². The highest BCUT2D eigenvalue weighted by Gasteiger charge is 2.27. The molecule has 2 rings (SSSR count). The van der Waals surface area contributed by atoms with E-state index in [-0.39, 0.29) is 0 Å². The van der Waals surface area contributed by atoms with Crippen LogP contribution < -0.4 is 10.6 Å². The van der Waals surface area contributed by atoms with Gasteiger partial charge in [-0.2, -0.15) is 0 Å². The van der Waals surface area contributed by atoms with E-state index in [1.165, 1.54) is 12.8 Å². The molecule has 5 nitrogen and oxygen atoms in total. The Morgan fingerprint density at radius 2 is 1.89 bits per heavy atom. The largest absolute Gasteiger partial charge is 0.370 e. The van der Waals surface area contributed by atoms with Gasteiger partial charge in [-0.05, 0) is 33.2 Å². The normalized spacial score (nSPS) is 14.7. The van der Waals surface area contributed by atoms with Crippen molar-refractivity contribution in [3.63, 3.8) is 0 Å². The Morgan fingerprint density at radius 1 is 1.21 bits per heavy atom. The van der Waals surface area contributed by atoms with E-state index in [4.69, 9.17) is 0 Å². The fourth-order valence-corrected chi connectivity index (χ4v) is 2.33. The highest BCUT2D eigenvalue weighted by Crippen LogP contribution is 2.26. The number of rotatable bonds is 8. The first-order valence-corrected chi connectivity index (χ1v) is 7.29. The first-order valence-electron chi connectivity index (χ1n) is 7.29. The summed E-state index contributed by atoms with van der Waals surface area (Å²) in [5.74, 6) is 1.87. The molecule has 5 heteroatoms.